The lowest BCUT2D eigenvalue weighted by molar-refractivity contribution is -0.394. The van der Waals surface area contributed by atoms with Crippen molar-refractivity contribution in [3.8, 4) is 17.2 Å². The zero-order valence-electron chi connectivity index (χ0n) is 17.8. The van der Waals surface area contributed by atoms with E-state index < -0.39 is 32.8 Å². The van der Waals surface area contributed by atoms with Gasteiger partial charge in [-0.25, -0.2) is 4.79 Å². The van der Waals surface area contributed by atoms with E-state index in [0.29, 0.717) is 6.42 Å². The van der Waals surface area contributed by atoms with Crippen LogP contribution in [0.5, 0.6) is 17.2 Å². The first-order valence-electron chi connectivity index (χ1n) is 9.69. The van der Waals surface area contributed by atoms with Gasteiger partial charge < -0.3 is 14.2 Å². The minimum Gasteiger partial charge on any atom is -0.493 e. The Kier molecular flexibility index (Phi) is 8.22. The second kappa shape index (κ2) is 10.8. The molecule has 32 heavy (non-hydrogen) atoms. The minimum absolute atomic E-state index is 0.0245. The molecule has 0 aliphatic rings. The van der Waals surface area contributed by atoms with Crippen molar-refractivity contribution in [3.63, 3.8) is 0 Å². The zero-order valence-corrected chi connectivity index (χ0v) is 17.8. The molecule has 11 nitrogen and oxygen atoms in total. The third-order valence-electron chi connectivity index (χ3n) is 4.41. The van der Waals surface area contributed by atoms with Crippen LogP contribution in [0, 0.1) is 20.2 Å². The molecule has 0 atom stereocenters. The van der Waals surface area contributed by atoms with Crippen molar-refractivity contribution in [1.82, 2.24) is 0 Å². The van der Waals surface area contributed by atoms with Crippen LogP contribution < -0.4 is 14.2 Å². The second-order valence-corrected chi connectivity index (χ2v) is 6.76. The summed E-state index contributed by atoms with van der Waals surface area (Å²) in [6.45, 7) is 3.65. The highest BCUT2D eigenvalue weighted by molar-refractivity contribution is 5.96. The summed E-state index contributed by atoms with van der Waals surface area (Å²) in [5, 5.41) is 22.2. The van der Waals surface area contributed by atoms with Crippen LogP contribution >= 0.6 is 0 Å². The molecule has 0 spiro atoms. The van der Waals surface area contributed by atoms with Crippen molar-refractivity contribution < 1.29 is 33.6 Å². The van der Waals surface area contributed by atoms with Crippen molar-refractivity contribution in [2.75, 3.05) is 13.7 Å². The Morgan fingerprint density at radius 2 is 1.50 bits per heavy atom. The van der Waals surface area contributed by atoms with Crippen molar-refractivity contribution in [2.24, 2.45) is 0 Å². The van der Waals surface area contributed by atoms with Crippen LogP contribution in [0.2, 0.25) is 0 Å². The summed E-state index contributed by atoms with van der Waals surface area (Å²) in [5.74, 6) is -1.42. The maximum Gasteiger partial charge on any atom is 0.344 e. The standard InChI is InChI=1S/C21H22N2O9/c1-4-5-6-7-31-19-11-14(13(2)24)10-18(30-3)20(19)32-21(25)15-8-16(22(26)27)12-17(9-15)23(28)29/h8-12H,4-7H2,1-3H3. The summed E-state index contributed by atoms with van der Waals surface area (Å²) in [7, 11) is 1.30. The lowest BCUT2D eigenvalue weighted by Gasteiger charge is -2.16. The number of benzene rings is 2. The monoisotopic (exact) mass is 446 g/mol. The lowest BCUT2D eigenvalue weighted by atomic mass is 10.1. The minimum atomic E-state index is -1.09. The highest BCUT2D eigenvalue weighted by Gasteiger charge is 2.24. The van der Waals surface area contributed by atoms with Crippen molar-refractivity contribution in [1.29, 1.82) is 0 Å². The predicted molar refractivity (Wildman–Crippen MR) is 113 cm³/mol. The van der Waals surface area contributed by atoms with Crippen molar-refractivity contribution in [3.05, 3.63) is 61.7 Å². The summed E-state index contributed by atoms with van der Waals surface area (Å²) in [6.07, 6.45) is 2.57. The van der Waals surface area contributed by atoms with E-state index in [2.05, 4.69) is 0 Å². The number of ether oxygens (including phenoxy) is 3. The van der Waals surface area contributed by atoms with Crippen LogP contribution in [-0.4, -0.2) is 35.3 Å². The molecule has 0 aliphatic heterocycles. The smallest absolute Gasteiger partial charge is 0.344 e. The number of nitrogens with zero attached hydrogens (tertiary/aromatic N) is 2. The molecule has 0 aliphatic carbocycles. The van der Waals surface area contributed by atoms with E-state index in [1.807, 2.05) is 6.92 Å². The number of carbonyl (C=O) groups is 2. The topological polar surface area (TPSA) is 148 Å². The van der Waals surface area contributed by atoms with Crippen LogP contribution in [0.1, 0.15) is 53.8 Å². The average Bonchev–Trinajstić information content (AvgIpc) is 2.76. The Morgan fingerprint density at radius 1 is 0.906 bits per heavy atom. The molecule has 0 saturated carbocycles. The number of methoxy groups -OCH3 is 1. The fourth-order valence-electron chi connectivity index (χ4n) is 2.75. The quantitative estimate of drug-likeness (QED) is 0.121. The van der Waals surface area contributed by atoms with E-state index in [1.54, 1.807) is 0 Å². The molecule has 0 fully saturated rings. The molecule has 2 aromatic rings. The van der Waals surface area contributed by atoms with E-state index in [1.165, 1.54) is 26.2 Å². The van der Waals surface area contributed by atoms with E-state index in [0.717, 1.165) is 31.0 Å². The molecule has 0 radical (unpaired) electrons. The summed E-state index contributed by atoms with van der Waals surface area (Å²) in [5.41, 5.74) is -1.42. The zero-order chi connectivity index (χ0) is 23.8. The summed E-state index contributed by atoms with van der Waals surface area (Å²) in [4.78, 5) is 45.1. The number of esters is 1. The van der Waals surface area contributed by atoms with Gasteiger partial charge in [-0.15, -0.1) is 0 Å². The molecular weight excluding hydrogens is 424 g/mol. The maximum atomic E-state index is 12.7. The molecule has 170 valence electrons. The summed E-state index contributed by atoms with van der Waals surface area (Å²) in [6, 6.07) is 5.23. The molecular formula is C21H22N2O9. The fraction of sp³-hybridized carbons (Fsp3) is 0.333. The van der Waals surface area contributed by atoms with Crippen LogP contribution in [0.4, 0.5) is 11.4 Å². The van der Waals surface area contributed by atoms with Gasteiger partial charge in [0.15, 0.2) is 17.3 Å². The average molecular weight is 446 g/mol. The predicted octanol–water partition coefficient (Wildman–Crippen LogP) is 4.50. The van der Waals surface area contributed by atoms with E-state index >= 15 is 0 Å². The normalized spacial score (nSPS) is 10.3. The molecule has 2 aromatic carbocycles. The van der Waals surface area contributed by atoms with Gasteiger partial charge >= 0.3 is 5.97 Å². The number of nitro groups is 2. The number of hydrogen-bond acceptors (Lipinski definition) is 9. The largest absolute Gasteiger partial charge is 0.493 e. The van der Waals surface area contributed by atoms with Crippen molar-refractivity contribution in [2.45, 2.75) is 33.1 Å². The van der Waals surface area contributed by atoms with E-state index in [4.69, 9.17) is 14.2 Å². The Bertz CT molecular complexity index is 1020. The number of rotatable bonds is 11. The number of unbranched alkanes of at least 4 members (excludes halogenated alkanes) is 2. The lowest BCUT2D eigenvalue weighted by Crippen LogP contribution is -2.12. The van der Waals surface area contributed by atoms with Gasteiger partial charge in [0.05, 0.1) is 35.2 Å². The Morgan fingerprint density at radius 3 is 2.00 bits per heavy atom. The molecule has 0 aromatic heterocycles. The van der Waals surface area contributed by atoms with Crippen molar-refractivity contribution >= 4 is 23.1 Å². The molecule has 0 saturated heterocycles. The number of ketones is 1. The summed E-state index contributed by atoms with van der Waals surface area (Å²) < 4.78 is 16.3. The van der Waals surface area contributed by atoms with Gasteiger partial charge in [0.25, 0.3) is 11.4 Å². The third-order valence-corrected chi connectivity index (χ3v) is 4.41. The molecule has 0 unspecified atom stereocenters. The Hall–Kier alpha value is -4.02. The number of carbonyl (C=O) groups excluding carboxylic acids is 2. The number of hydrogen-bond donors (Lipinski definition) is 0. The van der Waals surface area contributed by atoms with Gasteiger partial charge in [0.2, 0.25) is 5.75 Å². The van der Waals surface area contributed by atoms with Crippen LogP contribution in [0.25, 0.3) is 0 Å². The van der Waals surface area contributed by atoms with Gasteiger partial charge in [-0.2, -0.15) is 0 Å². The SMILES string of the molecule is CCCCCOc1cc(C(C)=O)cc(OC)c1OC(=O)c1cc([N+](=O)[O-])cc([N+](=O)[O-])c1. The molecule has 0 N–H and O–H groups in total. The fourth-order valence-corrected chi connectivity index (χ4v) is 2.75. The first-order chi connectivity index (χ1) is 15.2. The highest BCUT2D eigenvalue weighted by atomic mass is 16.6. The molecule has 0 heterocycles. The van der Waals surface area contributed by atoms with Gasteiger partial charge in [-0.05, 0) is 25.5 Å². The van der Waals surface area contributed by atoms with Crippen LogP contribution in [-0.2, 0) is 0 Å². The summed E-state index contributed by atoms with van der Waals surface area (Å²) >= 11 is 0. The molecule has 11 heteroatoms. The first-order valence-corrected chi connectivity index (χ1v) is 9.69. The van der Waals surface area contributed by atoms with E-state index in [9.17, 15) is 29.8 Å². The third kappa shape index (κ3) is 6.00. The van der Waals surface area contributed by atoms with Gasteiger partial charge in [0.1, 0.15) is 0 Å². The molecule has 2 rings (SSSR count). The number of non-ortho nitro benzene ring substituents is 2. The van der Waals surface area contributed by atoms with Crippen LogP contribution in [0.3, 0.4) is 0 Å². The maximum absolute atomic E-state index is 12.7. The van der Waals surface area contributed by atoms with Gasteiger partial charge in [-0.3, -0.25) is 25.0 Å². The molecule has 0 amide bonds. The second-order valence-electron chi connectivity index (χ2n) is 6.76. The Labute approximate surface area is 183 Å². The van der Waals surface area contributed by atoms with Gasteiger partial charge in [-0.1, -0.05) is 19.8 Å². The van der Waals surface area contributed by atoms with Crippen LogP contribution in [0.15, 0.2) is 30.3 Å². The molecule has 0 bridgehead atoms. The Balaban J connectivity index is 2.47. The van der Waals surface area contributed by atoms with E-state index in [-0.39, 0.29) is 35.2 Å². The number of Topliss-reactive ketones (excluding diaryl/α,β-unsaturated/α-hetero) is 1. The number of nitro benzene ring substituents is 2. The highest BCUT2D eigenvalue weighted by Crippen LogP contribution is 2.40. The van der Waals surface area contributed by atoms with Gasteiger partial charge in [0, 0.05) is 17.7 Å². The first kappa shape index (κ1) is 24.3.